The van der Waals surface area contributed by atoms with Gasteiger partial charge in [-0.25, -0.2) is 4.98 Å². The van der Waals surface area contributed by atoms with E-state index >= 15 is 0 Å². The highest BCUT2D eigenvalue weighted by Gasteiger charge is 1.95. The summed E-state index contributed by atoms with van der Waals surface area (Å²) in [5.41, 5.74) is 5.18. The Bertz CT molecular complexity index is 332. The third-order valence-corrected chi connectivity index (χ3v) is 2.24. The van der Waals surface area contributed by atoms with Crippen molar-refractivity contribution < 1.29 is 0 Å². The van der Waals surface area contributed by atoms with Crippen LogP contribution < -0.4 is 5.73 Å². The number of nitrogens with one attached hydrogen (secondary N) is 2. The summed E-state index contributed by atoms with van der Waals surface area (Å²) in [4.78, 5) is 6.76. The lowest BCUT2D eigenvalue weighted by molar-refractivity contribution is 1.04. The average molecular weight is 200 g/mol. The van der Waals surface area contributed by atoms with E-state index in [-0.39, 0.29) is 5.84 Å². The number of nitrogens with zero attached hydrogens (tertiary/aromatic N) is 1. The predicted octanol–water partition coefficient (Wildman–Crippen LogP) is 1.17. The summed E-state index contributed by atoms with van der Waals surface area (Å²) >= 11 is 6.28. The van der Waals surface area contributed by atoms with E-state index in [0.29, 0.717) is 10.4 Å². The van der Waals surface area contributed by atoms with Crippen molar-refractivity contribution in [2.75, 3.05) is 5.75 Å². The van der Waals surface area contributed by atoms with Crippen molar-refractivity contribution >= 4 is 29.8 Å². The monoisotopic (exact) mass is 200 g/mol. The van der Waals surface area contributed by atoms with Crippen molar-refractivity contribution in [1.82, 2.24) is 9.97 Å². The Hall–Kier alpha value is -0.880. The third kappa shape index (κ3) is 3.02. The standard InChI is InChI=1S/C6H8N4S2/c7-4(8)2-12-6-1-5(11)9-3-10-6/h1,3H,2H2,(H3,7,8)(H,9,10,11). The van der Waals surface area contributed by atoms with Crippen LogP contribution in [-0.2, 0) is 0 Å². The molecule has 0 aliphatic carbocycles. The van der Waals surface area contributed by atoms with Crippen LogP contribution in [0, 0.1) is 10.0 Å². The molecule has 1 aromatic heterocycles. The van der Waals surface area contributed by atoms with E-state index in [1.807, 2.05) is 0 Å². The number of amidine groups is 1. The molecule has 4 N–H and O–H groups in total. The van der Waals surface area contributed by atoms with Gasteiger partial charge in [-0.05, 0) is 0 Å². The lowest BCUT2D eigenvalue weighted by Gasteiger charge is -1.97. The van der Waals surface area contributed by atoms with E-state index in [2.05, 4.69) is 9.97 Å². The molecule has 0 aliphatic heterocycles. The number of H-pyrrole nitrogens is 1. The lowest BCUT2D eigenvalue weighted by Crippen LogP contribution is -2.12. The van der Waals surface area contributed by atoms with Gasteiger partial charge in [0.05, 0.1) is 12.1 Å². The van der Waals surface area contributed by atoms with E-state index in [0.717, 1.165) is 5.03 Å². The maximum absolute atomic E-state index is 6.99. The quantitative estimate of drug-likeness (QED) is 0.225. The second kappa shape index (κ2) is 4.22. The van der Waals surface area contributed by atoms with Gasteiger partial charge in [-0.2, -0.15) is 0 Å². The Balaban J connectivity index is 2.64. The lowest BCUT2D eigenvalue weighted by atomic mass is 10.7. The molecule has 0 saturated carbocycles. The van der Waals surface area contributed by atoms with Crippen molar-refractivity contribution in [3.8, 4) is 0 Å². The molecule has 4 nitrogen and oxygen atoms in total. The van der Waals surface area contributed by atoms with Crippen LogP contribution in [0.25, 0.3) is 0 Å². The van der Waals surface area contributed by atoms with Crippen LogP contribution in [0.3, 0.4) is 0 Å². The molecule has 0 saturated heterocycles. The summed E-state index contributed by atoms with van der Waals surface area (Å²) in [5, 5.41) is 7.78. The number of hydrogen-bond acceptors (Lipinski definition) is 4. The zero-order chi connectivity index (χ0) is 8.97. The van der Waals surface area contributed by atoms with Crippen molar-refractivity contribution in [2.24, 2.45) is 5.73 Å². The fourth-order valence-corrected chi connectivity index (χ4v) is 1.45. The van der Waals surface area contributed by atoms with Crippen LogP contribution in [-0.4, -0.2) is 21.6 Å². The number of aromatic nitrogens is 2. The fourth-order valence-electron chi connectivity index (χ4n) is 0.581. The first-order valence-corrected chi connectivity index (χ1v) is 4.58. The third-order valence-electron chi connectivity index (χ3n) is 1.03. The molecule has 0 aliphatic rings. The summed E-state index contributed by atoms with van der Waals surface area (Å²) in [6.45, 7) is 0. The highest BCUT2D eigenvalue weighted by atomic mass is 32.2. The van der Waals surface area contributed by atoms with Crippen molar-refractivity contribution in [2.45, 2.75) is 5.03 Å². The fraction of sp³-hybridized carbons (Fsp3) is 0.167. The number of rotatable bonds is 3. The molecule has 0 amide bonds. The maximum Gasteiger partial charge on any atom is 0.107 e. The second-order valence-electron chi connectivity index (χ2n) is 2.06. The van der Waals surface area contributed by atoms with E-state index in [1.54, 1.807) is 6.07 Å². The number of hydrogen-bond donors (Lipinski definition) is 3. The molecule has 0 unspecified atom stereocenters. The molecule has 0 fully saturated rings. The Morgan fingerprint density at radius 1 is 1.83 bits per heavy atom. The van der Waals surface area contributed by atoms with Crippen molar-refractivity contribution in [1.29, 1.82) is 5.41 Å². The molecule has 0 aromatic carbocycles. The molecular formula is C6H8N4S2. The number of thioether (sulfide) groups is 1. The topological polar surface area (TPSA) is 78.5 Å². The van der Waals surface area contributed by atoms with Gasteiger partial charge in [0.25, 0.3) is 0 Å². The normalized spacial score (nSPS) is 9.67. The second-order valence-corrected chi connectivity index (χ2v) is 3.50. The Kier molecular flexibility index (Phi) is 3.24. The van der Waals surface area contributed by atoms with Gasteiger partial charge in [0, 0.05) is 6.07 Å². The van der Waals surface area contributed by atoms with Crippen LogP contribution >= 0.6 is 24.0 Å². The summed E-state index contributed by atoms with van der Waals surface area (Å²) < 4.78 is 0.635. The molecule has 0 radical (unpaired) electrons. The summed E-state index contributed by atoms with van der Waals surface area (Å²) in [6, 6.07) is 1.74. The molecule has 12 heavy (non-hydrogen) atoms. The zero-order valence-corrected chi connectivity index (χ0v) is 7.84. The molecule has 0 bridgehead atoms. The Labute approximate surface area is 79.1 Å². The van der Waals surface area contributed by atoms with Crippen molar-refractivity contribution in [3.63, 3.8) is 0 Å². The molecule has 1 heterocycles. The molecule has 64 valence electrons. The SMILES string of the molecule is N=C(N)CSc1cc(=S)[nH]cn1. The zero-order valence-electron chi connectivity index (χ0n) is 6.20. The maximum atomic E-state index is 6.99. The number of nitrogens with two attached hydrogens (primary N) is 1. The molecular weight excluding hydrogens is 192 g/mol. The average Bonchev–Trinajstić information content (AvgIpc) is 2.01. The minimum Gasteiger partial charge on any atom is -0.387 e. The van der Waals surface area contributed by atoms with E-state index in [4.69, 9.17) is 23.4 Å². The van der Waals surface area contributed by atoms with Gasteiger partial charge in [-0.15, -0.1) is 0 Å². The Morgan fingerprint density at radius 3 is 3.17 bits per heavy atom. The van der Waals surface area contributed by atoms with Crippen LogP contribution in [0.1, 0.15) is 0 Å². The first-order chi connectivity index (χ1) is 5.68. The van der Waals surface area contributed by atoms with Gasteiger partial charge in [-0.1, -0.05) is 24.0 Å². The first kappa shape index (κ1) is 9.21. The minimum absolute atomic E-state index is 0.139. The molecule has 0 atom stereocenters. The van der Waals surface area contributed by atoms with Gasteiger partial charge in [0.1, 0.15) is 15.5 Å². The Morgan fingerprint density at radius 2 is 2.58 bits per heavy atom. The van der Waals surface area contributed by atoms with Crippen molar-refractivity contribution in [3.05, 3.63) is 17.0 Å². The summed E-state index contributed by atoms with van der Waals surface area (Å²) in [6.07, 6.45) is 1.53. The van der Waals surface area contributed by atoms with E-state index < -0.39 is 0 Å². The van der Waals surface area contributed by atoms with E-state index in [9.17, 15) is 0 Å². The number of aromatic amines is 1. The van der Waals surface area contributed by atoms with E-state index in [1.165, 1.54) is 18.1 Å². The van der Waals surface area contributed by atoms with Gasteiger partial charge in [0.2, 0.25) is 0 Å². The summed E-state index contributed by atoms with van der Waals surface area (Å²) in [7, 11) is 0. The van der Waals surface area contributed by atoms with Crippen LogP contribution in [0.4, 0.5) is 0 Å². The molecule has 1 rings (SSSR count). The molecule has 6 heteroatoms. The van der Waals surface area contributed by atoms with Gasteiger partial charge >= 0.3 is 0 Å². The van der Waals surface area contributed by atoms with Crippen LogP contribution in [0.2, 0.25) is 0 Å². The highest BCUT2D eigenvalue weighted by molar-refractivity contribution is 7.99. The molecule has 1 aromatic rings. The first-order valence-electron chi connectivity index (χ1n) is 3.19. The van der Waals surface area contributed by atoms with Crippen LogP contribution in [0.15, 0.2) is 17.4 Å². The van der Waals surface area contributed by atoms with Crippen LogP contribution in [0.5, 0.6) is 0 Å². The minimum atomic E-state index is 0.139. The highest BCUT2D eigenvalue weighted by Crippen LogP contribution is 2.12. The van der Waals surface area contributed by atoms with Gasteiger partial charge < -0.3 is 10.7 Å². The largest absolute Gasteiger partial charge is 0.387 e. The van der Waals surface area contributed by atoms with Gasteiger partial charge in [-0.3, -0.25) is 5.41 Å². The molecule has 0 spiro atoms. The summed E-state index contributed by atoms with van der Waals surface area (Å²) in [5.74, 6) is 0.590. The predicted molar refractivity (Wildman–Crippen MR) is 52.1 cm³/mol. The smallest absolute Gasteiger partial charge is 0.107 e. The van der Waals surface area contributed by atoms with Gasteiger partial charge in [0.15, 0.2) is 0 Å².